The second-order valence-electron chi connectivity index (χ2n) is 8.27. The number of allylic oxidation sites excluding steroid dienone is 2. The molecule has 1 aromatic heterocycles. The Morgan fingerprint density at radius 2 is 1.65 bits per heavy atom. The van der Waals surface area contributed by atoms with Gasteiger partial charge in [-0.05, 0) is 56.9 Å². The molecule has 0 saturated carbocycles. The first-order valence-electron chi connectivity index (χ1n) is 11.3. The van der Waals surface area contributed by atoms with Gasteiger partial charge < -0.3 is 14.2 Å². The van der Waals surface area contributed by atoms with Crippen LogP contribution in [0.15, 0.2) is 60.2 Å². The van der Waals surface area contributed by atoms with E-state index in [2.05, 4.69) is 11.2 Å². The fraction of sp³-hybridized carbons (Fsp3) is 0.296. The lowest BCUT2D eigenvalue weighted by atomic mass is 9.88. The van der Waals surface area contributed by atoms with E-state index in [0.717, 1.165) is 41.2 Å². The largest absolute Gasteiger partial charge is 0.478 e. The lowest BCUT2D eigenvalue weighted by molar-refractivity contribution is -0.133. The molecule has 7 nitrogen and oxygen atoms in total. The Hall–Kier alpha value is -3.87. The van der Waals surface area contributed by atoms with E-state index >= 15 is 0 Å². The highest BCUT2D eigenvalue weighted by atomic mass is 16.5. The fourth-order valence-corrected chi connectivity index (χ4v) is 4.11. The Morgan fingerprint density at radius 3 is 2.32 bits per heavy atom. The van der Waals surface area contributed by atoms with Crippen LogP contribution < -0.4 is 14.2 Å². The van der Waals surface area contributed by atoms with Gasteiger partial charge in [0.05, 0.1) is 18.0 Å². The molecule has 0 unspecified atom stereocenters. The second kappa shape index (κ2) is 10.4. The number of ether oxygens (including phenoxy) is 3. The molecule has 34 heavy (non-hydrogen) atoms. The van der Waals surface area contributed by atoms with E-state index in [4.69, 9.17) is 14.2 Å². The number of carbonyl (C=O) groups is 2. The van der Waals surface area contributed by atoms with Crippen LogP contribution >= 0.6 is 0 Å². The van der Waals surface area contributed by atoms with Gasteiger partial charge in [0, 0.05) is 31.0 Å². The lowest BCUT2D eigenvalue weighted by Crippen LogP contribution is -2.13. The van der Waals surface area contributed by atoms with Crippen LogP contribution in [-0.4, -0.2) is 28.3 Å². The van der Waals surface area contributed by atoms with Crippen LogP contribution in [0.5, 0.6) is 17.4 Å². The molecule has 0 N–H and O–H groups in total. The number of hydrogen-bond donors (Lipinski definition) is 0. The monoisotopic (exact) mass is 460 g/mol. The van der Waals surface area contributed by atoms with E-state index in [1.165, 1.54) is 19.4 Å². The summed E-state index contributed by atoms with van der Waals surface area (Å²) in [6, 6.07) is 15.2. The minimum atomic E-state index is -0.378. The van der Waals surface area contributed by atoms with Crippen molar-refractivity contribution in [1.82, 2.24) is 9.78 Å². The summed E-state index contributed by atoms with van der Waals surface area (Å²) in [6.07, 6.45) is 5.07. The van der Waals surface area contributed by atoms with E-state index < -0.39 is 0 Å². The number of para-hydroxylation sites is 1. The fourth-order valence-electron chi connectivity index (χ4n) is 4.11. The molecule has 0 spiro atoms. The number of fused-ring (bicyclic) bond motifs is 1. The summed E-state index contributed by atoms with van der Waals surface area (Å²) >= 11 is 0. The van der Waals surface area contributed by atoms with Crippen molar-refractivity contribution in [3.05, 3.63) is 77.0 Å². The molecule has 3 aromatic rings. The highest BCUT2D eigenvalue weighted by Crippen LogP contribution is 2.37. The van der Waals surface area contributed by atoms with Gasteiger partial charge in [0.2, 0.25) is 5.88 Å². The third-order valence-electron chi connectivity index (χ3n) is 5.54. The Labute approximate surface area is 199 Å². The first kappa shape index (κ1) is 23.3. The normalized spacial score (nSPS) is 12.5. The smallest absolute Gasteiger partial charge is 0.308 e. The van der Waals surface area contributed by atoms with Gasteiger partial charge in [-0.25, -0.2) is 4.68 Å². The molecule has 0 aliphatic heterocycles. The molecule has 0 amide bonds. The van der Waals surface area contributed by atoms with Gasteiger partial charge in [0.25, 0.3) is 0 Å². The van der Waals surface area contributed by atoms with Crippen LogP contribution in [0.2, 0.25) is 0 Å². The number of nitrogens with zero attached hydrogens (tertiary/aromatic N) is 2. The third-order valence-corrected chi connectivity index (χ3v) is 5.54. The number of hydrogen-bond acceptors (Lipinski definition) is 6. The minimum Gasteiger partial charge on any atom is -0.478 e. The van der Waals surface area contributed by atoms with Gasteiger partial charge in [0.15, 0.2) is 0 Å². The van der Waals surface area contributed by atoms with Crippen molar-refractivity contribution in [3.8, 4) is 23.1 Å². The zero-order valence-electron chi connectivity index (χ0n) is 19.7. The topological polar surface area (TPSA) is 79.7 Å². The predicted molar refractivity (Wildman–Crippen MR) is 128 cm³/mol. The SMILES string of the molecule is CC(=O)Oc1ccc(OC(C)=O)c2c1CC=C(CCCOc1cc(C)nn1-c1ccccc1)C2. The summed E-state index contributed by atoms with van der Waals surface area (Å²) in [5.74, 6) is 0.996. The average Bonchev–Trinajstić information content (AvgIpc) is 3.18. The summed E-state index contributed by atoms with van der Waals surface area (Å²) in [6.45, 7) is 5.25. The summed E-state index contributed by atoms with van der Waals surface area (Å²) in [7, 11) is 0. The molecule has 0 saturated heterocycles. The molecule has 4 rings (SSSR count). The van der Waals surface area contributed by atoms with Crippen molar-refractivity contribution in [2.75, 3.05) is 6.61 Å². The Kier molecular flexibility index (Phi) is 7.11. The Balaban J connectivity index is 1.40. The molecule has 176 valence electrons. The Morgan fingerprint density at radius 1 is 0.971 bits per heavy atom. The van der Waals surface area contributed by atoms with E-state index in [9.17, 15) is 9.59 Å². The van der Waals surface area contributed by atoms with Gasteiger partial charge in [-0.2, -0.15) is 5.10 Å². The van der Waals surface area contributed by atoms with Crippen molar-refractivity contribution >= 4 is 11.9 Å². The zero-order valence-corrected chi connectivity index (χ0v) is 19.7. The van der Waals surface area contributed by atoms with Gasteiger partial charge in [-0.15, -0.1) is 0 Å². The number of rotatable bonds is 8. The van der Waals surface area contributed by atoms with Gasteiger partial charge in [-0.3, -0.25) is 9.59 Å². The standard InChI is InChI=1S/C27H28N2O5/c1-18-16-27(29(28-18)22-9-5-4-6-10-22)32-15-7-8-21-11-12-23-24(17-21)26(34-20(3)31)14-13-25(23)33-19(2)30/h4-6,9-11,13-14,16H,7-8,12,15,17H2,1-3H3. The van der Waals surface area contributed by atoms with Crippen LogP contribution in [0.4, 0.5) is 0 Å². The highest BCUT2D eigenvalue weighted by molar-refractivity contribution is 5.73. The van der Waals surface area contributed by atoms with Crippen molar-refractivity contribution in [1.29, 1.82) is 0 Å². The molecule has 1 heterocycles. The first-order valence-corrected chi connectivity index (χ1v) is 11.3. The van der Waals surface area contributed by atoms with Crippen molar-refractivity contribution in [2.45, 2.75) is 46.5 Å². The summed E-state index contributed by atoms with van der Waals surface area (Å²) in [5.41, 5.74) is 4.87. The second-order valence-corrected chi connectivity index (χ2v) is 8.27. The molecule has 0 atom stereocenters. The highest BCUT2D eigenvalue weighted by Gasteiger charge is 2.21. The molecule has 1 aliphatic rings. The van der Waals surface area contributed by atoms with Crippen LogP contribution in [0, 0.1) is 6.92 Å². The number of carbonyl (C=O) groups excluding carboxylic acids is 2. The van der Waals surface area contributed by atoms with Gasteiger partial charge in [0.1, 0.15) is 11.5 Å². The maximum Gasteiger partial charge on any atom is 0.308 e. The molecule has 0 bridgehead atoms. The first-order chi connectivity index (χ1) is 16.4. The van der Waals surface area contributed by atoms with E-state index in [1.807, 2.05) is 48.0 Å². The summed E-state index contributed by atoms with van der Waals surface area (Å²) in [4.78, 5) is 23.1. The van der Waals surface area contributed by atoms with Crippen LogP contribution in [0.3, 0.4) is 0 Å². The van der Waals surface area contributed by atoms with Crippen molar-refractivity contribution in [3.63, 3.8) is 0 Å². The molecular formula is C27H28N2O5. The molecule has 0 radical (unpaired) electrons. The van der Waals surface area contributed by atoms with Crippen LogP contribution in [0.1, 0.15) is 43.5 Å². The molecule has 2 aromatic carbocycles. The maximum absolute atomic E-state index is 11.6. The number of esters is 2. The molecular weight excluding hydrogens is 432 g/mol. The minimum absolute atomic E-state index is 0.376. The third kappa shape index (κ3) is 5.54. The van der Waals surface area contributed by atoms with Crippen molar-refractivity contribution < 1.29 is 23.8 Å². The number of aromatic nitrogens is 2. The predicted octanol–water partition coefficient (Wildman–Crippen LogP) is 4.92. The van der Waals surface area contributed by atoms with E-state index in [0.29, 0.717) is 30.9 Å². The van der Waals surface area contributed by atoms with Crippen LogP contribution in [-0.2, 0) is 22.4 Å². The maximum atomic E-state index is 11.6. The zero-order chi connectivity index (χ0) is 24.1. The quantitative estimate of drug-likeness (QED) is 0.206. The average molecular weight is 461 g/mol. The summed E-state index contributed by atoms with van der Waals surface area (Å²) < 4.78 is 18.7. The van der Waals surface area contributed by atoms with E-state index in [1.54, 1.807) is 12.1 Å². The van der Waals surface area contributed by atoms with Crippen LogP contribution in [0.25, 0.3) is 5.69 Å². The Bertz CT molecular complexity index is 1230. The van der Waals surface area contributed by atoms with Crippen molar-refractivity contribution in [2.24, 2.45) is 0 Å². The van der Waals surface area contributed by atoms with E-state index in [-0.39, 0.29) is 11.9 Å². The van der Waals surface area contributed by atoms with Gasteiger partial charge in [-0.1, -0.05) is 29.8 Å². The number of aryl methyl sites for hydroxylation is 1. The molecule has 7 heteroatoms. The van der Waals surface area contributed by atoms with Gasteiger partial charge >= 0.3 is 11.9 Å². The molecule has 0 fully saturated rings. The molecule has 1 aliphatic carbocycles. The summed E-state index contributed by atoms with van der Waals surface area (Å²) in [5, 5.41) is 4.54. The number of benzene rings is 2. The lowest BCUT2D eigenvalue weighted by Gasteiger charge is -2.22.